The minimum Gasteiger partial charge on any atom is -0.352 e. The van der Waals surface area contributed by atoms with Gasteiger partial charge in [0.25, 0.3) is 0 Å². The van der Waals surface area contributed by atoms with E-state index in [9.17, 15) is 4.79 Å². The van der Waals surface area contributed by atoms with Gasteiger partial charge in [-0.15, -0.1) is 0 Å². The lowest BCUT2D eigenvalue weighted by molar-refractivity contribution is -0.125. The summed E-state index contributed by atoms with van der Waals surface area (Å²) in [6, 6.07) is 0.321. The van der Waals surface area contributed by atoms with Crippen molar-refractivity contribution in [3.8, 4) is 0 Å². The second kappa shape index (κ2) is 6.21. The van der Waals surface area contributed by atoms with E-state index in [0.717, 1.165) is 25.7 Å². The van der Waals surface area contributed by atoms with Gasteiger partial charge in [-0.05, 0) is 31.6 Å². The zero-order valence-corrected chi connectivity index (χ0v) is 10.4. The molecule has 1 saturated carbocycles. The molecule has 1 fully saturated rings. The van der Waals surface area contributed by atoms with E-state index < -0.39 is 0 Å². The topological polar surface area (TPSA) is 81.1 Å². The van der Waals surface area contributed by atoms with Gasteiger partial charge in [-0.1, -0.05) is 13.8 Å². The van der Waals surface area contributed by atoms with Gasteiger partial charge in [-0.3, -0.25) is 4.79 Å². The Hall–Kier alpha value is -0.610. The fourth-order valence-electron chi connectivity index (χ4n) is 2.36. The molecule has 1 amide bonds. The van der Waals surface area contributed by atoms with Crippen LogP contribution in [-0.4, -0.2) is 24.5 Å². The van der Waals surface area contributed by atoms with Crippen molar-refractivity contribution in [3.05, 3.63) is 0 Å². The van der Waals surface area contributed by atoms with Crippen LogP contribution in [-0.2, 0) is 4.79 Å². The molecule has 4 nitrogen and oxygen atoms in total. The summed E-state index contributed by atoms with van der Waals surface area (Å²) in [6.07, 6.45) is 3.66. The Morgan fingerprint density at radius 2 is 2.12 bits per heavy atom. The molecule has 16 heavy (non-hydrogen) atoms. The molecular formula is C12H25N3O. The van der Waals surface area contributed by atoms with Crippen LogP contribution >= 0.6 is 0 Å². The summed E-state index contributed by atoms with van der Waals surface area (Å²) in [5.41, 5.74) is 11.5. The van der Waals surface area contributed by atoms with E-state index in [-0.39, 0.29) is 23.9 Å². The van der Waals surface area contributed by atoms with Crippen LogP contribution in [0.5, 0.6) is 0 Å². The van der Waals surface area contributed by atoms with Gasteiger partial charge in [-0.25, -0.2) is 0 Å². The molecular weight excluding hydrogens is 202 g/mol. The lowest BCUT2D eigenvalue weighted by Gasteiger charge is -2.21. The van der Waals surface area contributed by atoms with E-state index in [0.29, 0.717) is 12.5 Å². The fraction of sp³-hybridized carbons (Fsp3) is 0.917. The highest BCUT2D eigenvalue weighted by molar-refractivity contribution is 5.79. The number of carbonyl (C=O) groups excluding carboxylic acids is 1. The van der Waals surface area contributed by atoms with E-state index in [1.54, 1.807) is 0 Å². The van der Waals surface area contributed by atoms with Gasteiger partial charge in [0.1, 0.15) is 0 Å². The summed E-state index contributed by atoms with van der Waals surface area (Å²) < 4.78 is 0. The van der Waals surface area contributed by atoms with Crippen LogP contribution in [0.3, 0.4) is 0 Å². The third kappa shape index (κ3) is 4.10. The Morgan fingerprint density at radius 3 is 2.56 bits per heavy atom. The first-order valence-corrected chi connectivity index (χ1v) is 6.29. The molecule has 94 valence electrons. The van der Waals surface area contributed by atoms with Gasteiger partial charge >= 0.3 is 0 Å². The molecule has 0 aromatic carbocycles. The molecule has 0 heterocycles. The van der Waals surface area contributed by atoms with Crippen LogP contribution in [0.1, 0.15) is 39.5 Å². The van der Waals surface area contributed by atoms with Crippen molar-refractivity contribution in [1.82, 2.24) is 5.32 Å². The van der Waals surface area contributed by atoms with Crippen molar-refractivity contribution >= 4 is 5.91 Å². The molecule has 0 radical (unpaired) electrons. The molecule has 4 heteroatoms. The van der Waals surface area contributed by atoms with E-state index in [1.807, 2.05) is 0 Å². The molecule has 0 aliphatic heterocycles. The predicted molar refractivity (Wildman–Crippen MR) is 65.8 cm³/mol. The Labute approximate surface area is 98.1 Å². The van der Waals surface area contributed by atoms with Crippen LogP contribution < -0.4 is 16.8 Å². The first kappa shape index (κ1) is 13.5. The first-order chi connectivity index (χ1) is 7.52. The van der Waals surface area contributed by atoms with E-state index >= 15 is 0 Å². The molecule has 1 aliphatic rings. The summed E-state index contributed by atoms with van der Waals surface area (Å²) in [7, 11) is 0. The molecule has 0 saturated heterocycles. The number of hydrogen-bond donors (Lipinski definition) is 3. The summed E-state index contributed by atoms with van der Waals surface area (Å²) in [5, 5.41) is 3.04. The van der Waals surface area contributed by atoms with Crippen LogP contribution in [0.2, 0.25) is 0 Å². The van der Waals surface area contributed by atoms with Crippen LogP contribution in [0.15, 0.2) is 0 Å². The lowest BCUT2D eigenvalue weighted by Crippen LogP contribution is -2.43. The van der Waals surface area contributed by atoms with Crippen molar-refractivity contribution in [3.63, 3.8) is 0 Å². The van der Waals surface area contributed by atoms with E-state index in [1.165, 1.54) is 0 Å². The monoisotopic (exact) mass is 227 g/mol. The van der Waals surface area contributed by atoms with Crippen molar-refractivity contribution in [1.29, 1.82) is 0 Å². The molecule has 5 N–H and O–H groups in total. The smallest absolute Gasteiger partial charge is 0.223 e. The van der Waals surface area contributed by atoms with E-state index in [4.69, 9.17) is 11.5 Å². The van der Waals surface area contributed by atoms with Gasteiger partial charge in [0, 0.05) is 24.5 Å². The quantitative estimate of drug-likeness (QED) is 0.643. The Balaban J connectivity index is 2.36. The number of hydrogen-bond acceptors (Lipinski definition) is 3. The number of amides is 1. The second-order valence-corrected chi connectivity index (χ2v) is 5.34. The van der Waals surface area contributed by atoms with Gasteiger partial charge in [-0.2, -0.15) is 0 Å². The molecule has 3 unspecified atom stereocenters. The lowest BCUT2D eigenvalue weighted by atomic mass is 10.0. The summed E-state index contributed by atoms with van der Waals surface area (Å²) in [4.78, 5) is 11.9. The third-order valence-electron chi connectivity index (χ3n) is 3.23. The van der Waals surface area contributed by atoms with Crippen molar-refractivity contribution < 1.29 is 4.79 Å². The number of rotatable bonds is 5. The number of nitrogens with two attached hydrogens (primary N) is 2. The molecule has 3 atom stereocenters. The predicted octanol–water partition coefficient (Wildman–Crippen LogP) is 0.603. The summed E-state index contributed by atoms with van der Waals surface area (Å²) >= 11 is 0. The minimum absolute atomic E-state index is 0.108. The minimum atomic E-state index is 0.108. The Kier molecular flexibility index (Phi) is 5.22. The van der Waals surface area contributed by atoms with E-state index in [2.05, 4.69) is 19.2 Å². The summed E-state index contributed by atoms with van der Waals surface area (Å²) in [5.74, 6) is 0.806. The molecule has 1 aliphatic carbocycles. The van der Waals surface area contributed by atoms with Crippen LogP contribution in [0.4, 0.5) is 0 Å². The first-order valence-electron chi connectivity index (χ1n) is 6.29. The number of carbonyl (C=O) groups is 1. The molecule has 1 rings (SSSR count). The normalized spacial score (nSPS) is 27.1. The zero-order chi connectivity index (χ0) is 12.1. The van der Waals surface area contributed by atoms with Gasteiger partial charge < -0.3 is 16.8 Å². The van der Waals surface area contributed by atoms with Crippen LogP contribution in [0, 0.1) is 11.8 Å². The van der Waals surface area contributed by atoms with Gasteiger partial charge in [0.2, 0.25) is 5.91 Å². The Bertz CT molecular complexity index is 230. The molecule has 0 aromatic rings. The zero-order valence-electron chi connectivity index (χ0n) is 10.4. The van der Waals surface area contributed by atoms with Crippen molar-refractivity contribution in [2.75, 3.05) is 6.54 Å². The average Bonchev–Trinajstić information content (AvgIpc) is 2.63. The molecule has 0 bridgehead atoms. The third-order valence-corrected chi connectivity index (χ3v) is 3.23. The molecule has 0 aromatic heterocycles. The highest BCUT2D eigenvalue weighted by atomic mass is 16.1. The highest BCUT2D eigenvalue weighted by Crippen LogP contribution is 2.24. The Morgan fingerprint density at radius 1 is 1.44 bits per heavy atom. The highest BCUT2D eigenvalue weighted by Gasteiger charge is 2.28. The maximum absolute atomic E-state index is 11.9. The largest absolute Gasteiger partial charge is 0.352 e. The van der Waals surface area contributed by atoms with Crippen molar-refractivity contribution in [2.24, 2.45) is 23.3 Å². The maximum Gasteiger partial charge on any atom is 0.223 e. The SMILES string of the molecule is CC(C)CC(CN)NC(=O)C1CCC(N)C1. The van der Waals surface area contributed by atoms with Gasteiger partial charge in [0.05, 0.1) is 0 Å². The van der Waals surface area contributed by atoms with Crippen LogP contribution in [0.25, 0.3) is 0 Å². The van der Waals surface area contributed by atoms with Gasteiger partial charge in [0.15, 0.2) is 0 Å². The average molecular weight is 227 g/mol. The summed E-state index contributed by atoms with van der Waals surface area (Å²) in [6.45, 7) is 4.79. The molecule has 0 spiro atoms. The fourth-order valence-corrected chi connectivity index (χ4v) is 2.36. The number of nitrogens with one attached hydrogen (secondary N) is 1. The van der Waals surface area contributed by atoms with Crippen molar-refractivity contribution in [2.45, 2.75) is 51.6 Å². The maximum atomic E-state index is 11.9. The standard InChI is InChI=1S/C12H25N3O/c1-8(2)5-11(7-13)15-12(16)9-3-4-10(14)6-9/h8-11H,3-7,13-14H2,1-2H3,(H,15,16). The second-order valence-electron chi connectivity index (χ2n) is 5.34.